The summed E-state index contributed by atoms with van der Waals surface area (Å²) in [5, 5.41) is 8.82. The van der Waals surface area contributed by atoms with Crippen molar-refractivity contribution in [2.45, 2.75) is 40.3 Å². The SMILES string of the molecule is CC(C)(C)C1CC(C(=O)O)C1(C)C(F)(F)F. The molecule has 0 heterocycles. The molecule has 5 heteroatoms. The molecule has 1 fully saturated rings. The molecule has 0 bridgehead atoms. The molecule has 0 amide bonds. The Hall–Kier alpha value is -0.740. The van der Waals surface area contributed by atoms with E-state index >= 15 is 0 Å². The van der Waals surface area contributed by atoms with Crippen molar-refractivity contribution in [2.75, 3.05) is 0 Å². The van der Waals surface area contributed by atoms with E-state index in [-0.39, 0.29) is 6.42 Å². The molecule has 1 aliphatic carbocycles. The zero-order chi connectivity index (χ0) is 12.9. The van der Waals surface area contributed by atoms with Crippen LogP contribution in [-0.2, 0) is 4.79 Å². The molecule has 94 valence electrons. The van der Waals surface area contributed by atoms with Crippen molar-refractivity contribution >= 4 is 5.97 Å². The van der Waals surface area contributed by atoms with Crippen molar-refractivity contribution in [3.05, 3.63) is 0 Å². The van der Waals surface area contributed by atoms with E-state index in [0.29, 0.717) is 0 Å². The van der Waals surface area contributed by atoms with Crippen LogP contribution in [0.1, 0.15) is 34.1 Å². The minimum absolute atomic E-state index is 0.106. The van der Waals surface area contributed by atoms with E-state index in [4.69, 9.17) is 5.11 Å². The summed E-state index contributed by atoms with van der Waals surface area (Å²) in [5.74, 6) is -3.29. The van der Waals surface area contributed by atoms with Gasteiger partial charge in [0.05, 0.1) is 11.3 Å². The zero-order valence-corrected chi connectivity index (χ0v) is 9.85. The lowest BCUT2D eigenvalue weighted by Crippen LogP contribution is -2.62. The Morgan fingerprint density at radius 1 is 1.31 bits per heavy atom. The third kappa shape index (κ3) is 1.70. The Morgan fingerprint density at radius 2 is 1.75 bits per heavy atom. The first-order chi connectivity index (χ1) is 6.92. The molecule has 0 aromatic heterocycles. The van der Waals surface area contributed by atoms with E-state index in [2.05, 4.69) is 0 Å². The standard InChI is InChI=1S/C11H17F3O2/c1-9(2,3)7-5-6(8(15)16)10(7,4)11(12,13)14/h6-7H,5H2,1-4H3,(H,15,16). The average molecular weight is 238 g/mol. The van der Waals surface area contributed by atoms with Gasteiger partial charge < -0.3 is 5.11 Å². The summed E-state index contributed by atoms with van der Waals surface area (Å²) in [6.45, 7) is 6.20. The summed E-state index contributed by atoms with van der Waals surface area (Å²) in [4.78, 5) is 10.8. The highest BCUT2D eigenvalue weighted by Crippen LogP contribution is 2.65. The quantitative estimate of drug-likeness (QED) is 0.760. The molecule has 1 N–H and O–H groups in total. The minimum Gasteiger partial charge on any atom is -0.481 e. The van der Waals surface area contributed by atoms with E-state index in [1.54, 1.807) is 20.8 Å². The van der Waals surface area contributed by atoms with Crippen molar-refractivity contribution in [1.29, 1.82) is 0 Å². The molecule has 0 saturated heterocycles. The van der Waals surface area contributed by atoms with Gasteiger partial charge in [-0.3, -0.25) is 4.79 Å². The van der Waals surface area contributed by atoms with Crippen LogP contribution in [0.25, 0.3) is 0 Å². The van der Waals surface area contributed by atoms with Crippen LogP contribution < -0.4 is 0 Å². The van der Waals surface area contributed by atoms with Gasteiger partial charge in [-0.25, -0.2) is 0 Å². The number of carboxylic acid groups (broad SMARTS) is 1. The first-order valence-corrected chi connectivity index (χ1v) is 5.22. The number of alkyl halides is 3. The molecule has 0 radical (unpaired) electrons. The molecule has 1 rings (SSSR count). The van der Waals surface area contributed by atoms with Gasteiger partial charge in [0.25, 0.3) is 0 Å². The molecular weight excluding hydrogens is 221 g/mol. The monoisotopic (exact) mass is 238 g/mol. The largest absolute Gasteiger partial charge is 0.481 e. The lowest BCUT2D eigenvalue weighted by molar-refractivity contribution is -0.306. The summed E-state index contributed by atoms with van der Waals surface area (Å²) >= 11 is 0. The third-order valence-corrected chi connectivity index (χ3v) is 3.87. The topological polar surface area (TPSA) is 37.3 Å². The number of hydrogen-bond donors (Lipinski definition) is 1. The number of aliphatic carboxylic acids is 1. The Bertz CT molecular complexity index is 303. The lowest BCUT2D eigenvalue weighted by atomic mass is 9.46. The van der Waals surface area contributed by atoms with Crippen LogP contribution in [0, 0.1) is 22.7 Å². The van der Waals surface area contributed by atoms with Gasteiger partial charge in [-0.2, -0.15) is 13.2 Å². The number of halogens is 3. The second-order valence-corrected chi connectivity index (χ2v) is 5.83. The van der Waals surface area contributed by atoms with E-state index in [1.165, 1.54) is 0 Å². The smallest absolute Gasteiger partial charge is 0.395 e. The van der Waals surface area contributed by atoms with Crippen LogP contribution in [0.5, 0.6) is 0 Å². The van der Waals surface area contributed by atoms with Gasteiger partial charge in [-0.15, -0.1) is 0 Å². The Labute approximate surface area is 92.8 Å². The van der Waals surface area contributed by atoms with Crippen molar-refractivity contribution in [2.24, 2.45) is 22.7 Å². The molecule has 0 spiro atoms. The van der Waals surface area contributed by atoms with Gasteiger partial charge in [0.1, 0.15) is 0 Å². The molecule has 0 aromatic carbocycles. The van der Waals surface area contributed by atoms with Gasteiger partial charge in [0.2, 0.25) is 0 Å². The number of carboxylic acids is 1. The molecule has 0 aromatic rings. The van der Waals surface area contributed by atoms with Gasteiger partial charge in [-0.05, 0) is 24.7 Å². The molecule has 1 aliphatic rings. The third-order valence-electron chi connectivity index (χ3n) is 3.87. The maximum atomic E-state index is 13.0. The van der Waals surface area contributed by atoms with Gasteiger partial charge in [-0.1, -0.05) is 20.8 Å². The molecule has 16 heavy (non-hydrogen) atoms. The minimum atomic E-state index is -4.47. The summed E-state index contributed by atoms with van der Waals surface area (Å²) in [5.41, 5.74) is -2.63. The summed E-state index contributed by atoms with van der Waals surface area (Å²) < 4.78 is 39.0. The highest BCUT2D eigenvalue weighted by atomic mass is 19.4. The second-order valence-electron chi connectivity index (χ2n) is 5.83. The first kappa shape index (κ1) is 13.3. The van der Waals surface area contributed by atoms with Crippen molar-refractivity contribution in [3.8, 4) is 0 Å². The Balaban J connectivity index is 3.10. The van der Waals surface area contributed by atoms with E-state index in [9.17, 15) is 18.0 Å². The molecule has 0 aliphatic heterocycles. The highest BCUT2D eigenvalue weighted by Gasteiger charge is 2.70. The fraction of sp³-hybridized carbons (Fsp3) is 0.909. The number of hydrogen-bond acceptors (Lipinski definition) is 1. The average Bonchev–Trinajstić information content (AvgIpc) is 1.94. The predicted molar refractivity (Wildman–Crippen MR) is 52.8 cm³/mol. The van der Waals surface area contributed by atoms with Gasteiger partial charge in [0, 0.05) is 0 Å². The molecule has 3 unspecified atom stereocenters. The van der Waals surface area contributed by atoms with Crippen LogP contribution >= 0.6 is 0 Å². The van der Waals surface area contributed by atoms with Gasteiger partial charge >= 0.3 is 12.1 Å². The Kier molecular flexibility index (Phi) is 2.81. The van der Waals surface area contributed by atoms with Crippen molar-refractivity contribution < 1.29 is 23.1 Å². The van der Waals surface area contributed by atoms with Crippen LogP contribution in [0.4, 0.5) is 13.2 Å². The Morgan fingerprint density at radius 3 is 2.00 bits per heavy atom. The van der Waals surface area contributed by atoms with Crippen molar-refractivity contribution in [1.82, 2.24) is 0 Å². The molecule has 1 saturated carbocycles. The highest BCUT2D eigenvalue weighted by molar-refractivity contribution is 5.73. The molecule has 2 nitrogen and oxygen atoms in total. The summed E-state index contributed by atoms with van der Waals surface area (Å²) in [6, 6.07) is 0. The number of rotatable bonds is 1. The van der Waals surface area contributed by atoms with Crippen LogP contribution in [-0.4, -0.2) is 17.3 Å². The predicted octanol–water partition coefficient (Wildman–Crippen LogP) is 3.32. The second kappa shape index (κ2) is 3.37. The fourth-order valence-corrected chi connectivity index (χ4v) is 2.81. The molecule has 3 atom stereocenters. The van der Waals surface area contributed by atoms with Crippen LogP contribution in [0.2, 0.25) is 0 Å². The normalized spacial score (nSPS) is 35.7. The summed E-state index contributed by atoms with van der Waals surface area (Å²) in [6.07, 6.45) is -4.36. The van der Waals surface area contributed by atoms with Crippen LogP contribution in [0.3, 0.4) is 0 Å². The van der Waals surface area contributed by atoms with E-state index < -0.39 is 34.8 Å². The first-order valence-electron chi connectivity index (χ1n) is 5.22. The lowest BCUT2D eigenvalue weighted by Gasteiger charge is -2.57. The summed E-state index contributed by atoms with van der Waals surface area (Å²) in [7, 11) is 0. The van der Waals surface area contributed by atoms with Crippen LogP contribution in [0.15, 0.2) is 0 Å². The maximum Gasteiger partial charge on any atom is 0.395 e. The molecular formula is C11H17F3O2. The van der Waals surface area contributed by atoms with Gasteiger partial charge in [0.15, 0.2) is 0 Å². The zero-order valence-electron chi connectivity index (χ0n) is 9.85. The van der Waals surface area contributed by atoms with E-state index in [0.717, 1.165) is 6.92 Å². The number of carbonyl (C=O) groups is 1. The fourth-order valence-electron chi connectivity index (χ4n) is 2.81. The van der Waals surface area contributed by atoms with Crippen molar-refractivity contribution in [3.63, 3.8) is 0 Å². The maximum absolute atomic E-state index is 13.0. The van der Waals surface area contributed by atoms with E-state index in [1.807, 2.05) is 0 Å².